The molecule has 29 heavy (non-hydrogen) atoms. The van der Waals surface area contributed by atoms with Crippen molar-refractivity contribution in [1.82, 2.24) is 14.8 Å². The van der Waals surface area contributed by atoms with E-state index in [1.165, 1.54) is 31.6 Å². The number of likely N-dealkylation sites (N-methyl/N-ethyl adjacent to an activating group) is 1. The fourth-order valence-electron chi connectivity index (χ4n) is 3.41. The summed E-state index contributed by atoms with van der Waals surface area (Å²) in [6.07, 6.45) is 2.10. The smallest absolute Gasteiger partial charge is 0.209 e. The minimum absolute atomic E-state index is 0.381. The van der Waals surface area contributed by atoms with Gasteiger partial charge in [-0.1, -0.05) is 13.8 Å². The Balaban J connectivity index is 0.000000221. The molecule has 1 aliphatic heterocycles. The molecule has 1 unspecified atom stereocenters. The molecule has 0 N–H and O–H groups in total. The Labute approximate surface area is 176 Å². The van der Waals surface area contributed by atoms with E-state index >= 15 is 0 Å². The Hall–Kier alpha value is -2.19. The Bertz CT molecular complexity index is 795. The molecule has 1 amide bonds. The Morgan fingerprint density at radius 1 is 1.31 bits per heavy atom. The van der Waals surface area contributed by atoms with Crippen molar-refractivity contribution in [3.8, 4) is 22.1 Å². The third kappa shape index (κ3) is 5.90. The van der Waals surface area contributed by atoms with Gasteiger partial charge in [0.1, 0.15) is 22.3 Å². The number of rotatable bonds is 7. The van der Waals surface area contributed by atoms with Crippen LogP contribution in [-0.2, 0) is 4.79 Å². The summed E-state index contributed by atoms with van der Waals surface area (Å²) >= 11 is 1.39. The normalized spacial score (nSPS) is 15.8. The molecule has 8 heteroatoms. The lowest BCUT2D eigenvalue weighted by Crippen LogP contribution is -2.37. The van der Waals surface area contributed by atoms with Crippen LogP contribution in [0.1, 0.15) is 26.0 Å². The molecule has 3 rings (SSSR count). The van der Waals surface area contributed by atoms with Crippen LogP contribution >= 0.6 is 11.3 Å². The summed E-state index contributed by atoms with van der Waals surface area (Å²) in [5.41, 5.74) is 1.24. The predicted octanol–water partition coefficient (Wildman–Crippen LogP) is 3.83. The third-order valence-electron chi connectivity index (χ3n) is 4.99. The van der Waals surface area contributed by atoms with Gasteiger partial charge in [0.05, 0.1) is 19.8 Å². The quantitative estimate of drug-likeness (QED) is 0.634. The topological polar surface area (TPSA) is 54.9 Å². The highest BCUT2D eigenvalue weighted by Crippen LogP contribution is 2.37. The number of nitrogens with zero attached hydrogens (tertiary/aromatic N) is 3. The number of hydrogen-bond donors (Lipinski definition) is 0. The summed E-state index contributed by atoms with van der Waals surface area (Å²) in [6, 6.07) is 3.58. The molecule has 6 nitrogen and oxygen atoms in total. The summed E-state index contributed by atoms with van der Waals surface area (Å²) in [6.45, 7) is 10.3. The molecule has 1 aromatic heterocycles. The van der Waals surface area contributed by atoms with Crippen LogP contribution in [0.2, 0.25) is 0 Å². The number of amides is 1. The molecule has 0 spiro atoms. The number of carbonyl (C=O) groups excluding carboxylic acids is 1. The van der Waals surface area contributed by atoms with Gasteiger partial charge in [-0.25, -0.2) is 9.37 Å². The summed E-state index contributed by atoms with van der Waals surface area (Å²) in [5, 5.41) is 2.48. The molecule has 0 aliphatic carbocycles. The first-order valence-electron chi connectivity index (χ1n) is 9.74. The van der Waals surface area contributed by atoms with Gasteiger partial charge in [0.25, 0.3) is 0 Å². The summed E-state index contributed by atoms with van der Waals surface area (Å²) < 4.78 is 24.2. The second-order valence-corrected chi connectivity index (χ2v) is 7.60. The predicted molar refractivity (Wildman–Crippen MR) is 114 cm³/mol. The van der Waals surface area contributed by atoms with Gasteiger partial charge in [0.15, 0.2) is 0 Å². The highest BCUT2D eigenvalue weighted by Gasteiger charge is 2.24. The molecular formula is C21H30FN3O3S. The first-order valence-corrected chi connectivity index (χ1v) is 10.6. The second kappa shape index (κ2) is 11.1. The molecule has 1 aromatic carbocycles. The van der Waals surface area contributed by atoms with Gasteiger partial charge in [-0.2, -0.15) is 0 Å². The minimum atomic E-state index is -0.393. The van der Waals surface area contributed by atoms with E-state index in [9.17, 15) is 9.18 Å². The van der Waals surface area contributed by atoms with Crippen molar-refractivity contribution < 1.29 is 18.7 Å². The lowest BCUT2D eigenvalue weighted by molar-refractivity contribution is -0.117. The Morgan fingerprint density at radius 2 is 2.03 bits per heavy atom. The standard InChI is InChI=1S/C12H12FNO2S.C9H18N2O/c1-7-6-17-12(14-7)11-9(13)4-8(15-2)5-10(11)16-3;1-3-11(4-2)9-5-6-10(7-9)8-12/h4-6H,1-3H3;8-9H,3-7H2,1-2H3. The molecule has 0 saturated carbocycles. The maximum atomic E-state index is 14.0. The number of methoxy groups -OCH3 is 2. The van der Waals surface area contributed by atoms with Crippen LogP contribution in [0.25, 0.3) is 10.6 Å². The van der Waals surface area contributed by atoms with E-state index in [1.807, 2.05) is 17.2 Å². The van der Waals surface area contributed by atoms with Crippen molar-refractivity contribution in [1.29, 1.82) is 0 Å². The van der Waals surface area contributed by atoms with Crippen LogP contribution in [0.15, 0.2) is 17.5 Å². The van der Waals surface area contributed by atoms with E-state index in [0.717, 1.165) is 44.7 Å². The maximum absolute atomic E-state index is 14.0. The molecular weight excluding hydrogens is 393 g/mol. The lowest BCUT2D eigenvalue weighted by Gasteiger charge is -2.25. The fraction of sp³-hybridized carbons (Fsp3) is 0.524. The zero-order chi connectivity index (χ0) is 21.4. The van der Waals surface area contributed by atoms with Crippen LogP contribution < -0.4 is 9.47 Å². The molecule has 0 bridgehead atoms. The molecule has 1 saturated heterocycles. The molecule has 160 valence electrons. The van der Waals surface area contributed by atoms with Crippen molar-refractivity contribution >= 4 is 17.7 Å². The van der Waals surface area contributed by atoms with Crippen LogP contribution in [0.4, 0.5) is 4.39 Å². The number of carbonyl (C=O) groups is 1. The van der Waals surface area contributed by atoms with Crippen molar-refractivity contribution in [3.63, 3.8) is 0 Å². The van der Waals surface area contributed by atoms with Crippen molar-refractivity contribution in [3.05, 3.63) is 29.0 Å². The Kier molecular flexibility index (Phi) is 8.85. The van der Waals surface area contributed by atoms with E-state index in [0.29, 0.717) is 28.1 Å². The largest absolute Gasteiger partial charge is 0.497 e. The van der Waals surface area contributed by atoms with Gasteiger partial charge in [-0.15, -0.1) is 11.3 Å². The molecule has 1 atom stereocenters. The van der Waals surface area contributed by atoms with E-state index < -0.39 is 5.82 Å². The van der Waals surface area contributed by atoms with Gasteiger partial charge in [0, 0.05) is 42.3 Å². The van der Waals surface area contributed by atoms with Crippen molar-refractivity contribution in [2.75, 3.05) is 40.4 Å². The van der Waals surface area contributed by atoms with Gasteiger partial charge in [-0.05, 0) is 26.4 Å². The number of thiazole rings is 1. The molecule has 1 aliphatic rings. The molecule has 0 radical (unpaired) electrons. The van der Waals surface area contributed by atoms with Crippen LogP contribution in [0.3, 0.4) is 0 Å². The monoisotopic (exact) mass is 423 g/mol. The summed E-state index contributed by atoms with van der Waals surface area (Å²) in [5.74, 6) is 0.461. The number of likely N-dealkylation sites (tertiary alicyclic amines) is 1. The summed E-state index contributed by atoms with van der Waals surface area (Å²) in [4.78, 5) is 19.0. The van der Waals surface area contributed by atoms with Gasteiger partial charge < -0.3 is 14.4 Å². The van der Waals surface area contributed by atoms with E-state index in [1.54, 1.807) is 6.07 Å². The maximum Gasteiger partial charge on any atom is 0.209 e. The van der Waals surface area contributed by atoms with Crippen molar-refractivity contribution in [2.45, 2.75) is 33.2 Å². The first kappa shape index (κ1) is 23.1. The molecule has 2 aromatic rings. The number of aromatic nitrogens is 1. The van der Waals surface area contributed by atoms with Gasteiger partial charge in [0.2, 0.25) is 6.41 Å². The second-order valence-electron chi connectivity index (χ2n) is 6.74. The van der Waals surface area contributed by atoms with Crippen molar-refractivity contribution in [2.24, 2.45) is 0 Å². The molecule has 1 fully saturated rings. The zero-order valence-corrected chi connectivity index (χ0v) is 18.6. The average Bonchev–Trinajstić information content (AvgIpc) is 3.38. The van der Waals surface area contributed by atoms with Gasteiger partial charge >= 0.3 is 0 Å². The van der Waals surface area contributed by atoms with E-state index in [-0.39, 0.29) is 0 Å². The SMILES string of the molecule is CCN(CC)C1CCN(C=O)C1.COc1cc(F)c(-c2nc(C)cs2)c(OC)c1. The van der Waals surface area contributed by atoms with Crippen LogP contribution in [-0.4, -0.2) is 67.6 Å². The number of aryl methyl sites for hydroxylation is 1. The minimum Gasteiger partial charge on any atom is -0.497 e. The summed E-state index contributed by atoms with van der Waals surface area (Å²) in [7, 11) is 2.99. The highest BCUT2D eigenvalue weighted by molar-refractivity contribution is 7.13. The van der Waals surface area contributed by atoms with Gasteiger partial charge in [-0.3, -0.25) is 9.69 Å². The number of halogens is 1. The zero-order valence-electron chi connectivity index (χ0n) is 17.8. The number of benzene rings is 1. The third-order valence-corrected chi connectivity index (χ3v) is 5.97. The Morgan fingerprint density at radius 3 is 2.52 bits per heavy atom. The number of hydrogen-bond acceptors (Lipinski definition) is 6. The van der Waals surface area contributed by atoms with E-state index in [2.05, 4.69) is 23.7 Å². The highest BCUT2D eigenvalue weighted by atomic mass is 32.1. The van der Waals surface area contributed by atoms with E-state index in [4.69, 9.17) is 9.47 Å². The first-order chi connectivity index (χ1) is 14.0. The fourth-order valence-corrected chi connectivity index (χ4v) is 4.26. The van der Waals surface area contributed by atoms with Crippen LogP contribution in [0, 0.1) is 12.7 Å². The number of ether oxygens (including phenoxy) is 2. The lowest BCUT2D eigenvalue weighted by atomic mass is 10.2. The molecule has 2 heterocycles. The van der Waals surface area contributed by atoms with Crippen LogP contribution in [0.5, 0.6) is 11.5 Å². The average molecular weight is 424 g/mol.